The standard InChI is InChI=1S/C23H25N2/c1-16-9-3-7-13-20(16)24-15-25-21-14-8-6-12-19(21)22(23(25)17(24)2)18-10-4-5-11-18/h3,6-9,12-15,18,22H,4-5,10-11H2,1-2H3/q+1/i15D,22D. The molecule has 2 nitrogen and oxygen atoms in total. The second-order valence-electron chi connectivity index (χ2n) is 7.40. The molecular weight excluding hydrogens is 304 g/mol. The molecule has 2 aromatic carbocycles. The van der Waals surface area contributed by atoms with Crippen LogP contribution in [0.2, 0.25) is 0 Å². The van der Waals surface area contributed by atoms with Gasteiger partial charge in [0.25, 0.3) is 6.30 Å². The molecule has 1 atom stereocenters. The number of hydrogen-bond donors (Lipinski definition) is 0. The normalized spacial score (nSPS) is 23.3. The van der Waals surface area contributed by atoms with E-state index in [-0.39, 0.29) is 0 Å². The average Bonchev–Trinajstić information content (AvgIpc) is 3.35. The zero-order valence-electron chi connectivity index (χ0n) is 16.9. The Hall–Kier alpha value is -2.35. The molecule has 1 unspecified atom stereocenters. The first kappa shape index (κ1) is 12.9. The van der Waals surface area contributed by atoms with Crippen LogP contribution < -0.4 is 4.57 Å². The van der Waals surface area contributed by atoms with E-state index in [1.54, 1.807) is 0 Å². The maximum absolute atomic E-state index is 9.69. The summed E-state index contributed by atoms with van der Waals surface area (Å²) in [6.07, 6.45) is 5.05. The van der Waals surface area contributed by atoms with Gasteiger partial charge in [-0.1, -0.05) is 49.2 Å². The van der Waals surface area contributed by atoms with Gasteiger partial charge in [-0.05, 0) is 43.4 Å². The smallest absolute Gasteiger partial charge is 0.199 e. The molecule has 2 aliphatic rings. The second kappa shape index (κ2) is 5.59. The fraction of sp³-hybridized carbons (Fsp3) is 0.348. The predicted molar refractivity (Wildman–Crippen MR) is 101 cm³/mol. The number of aryl methyl sites for hydroxylation is 1. The van der Waals surface area contributed by atoms with Crippen molar-refractivity contribution in [1.29, 1.82) is 0 Å². The van der Waals surface area contributed by atoms with Crippen LogP contribution in [0.1, 0.15) is 56.8 Å². The maximum atomic E-state index is 9.69. The zero-order chi connectivity index (χ0) is 18.8. The van der Waals surface area contributed by atoms with Crippen LogP contribution in [0, 0.1) is 19.8 Å². The van der Waals surface area contributed by atoms with Crippen molar-refractivity contribution in [2.45, 2.75) is 45.4 Å². The molecule has 0 N–H and O–H groups in total. The molecule has 1 saturated carbocycles. The van der Waals surface area contributed by atoms with Crippen LogP contribution in [-0.2, 0) is 0 Å². The van der Waals surface area contributed by atoms with Crippen molar-refractivity contribution in [2.75, 3.05) is 0 Å². The summed E-state index contributed by atoms with van der Waals surface area (Å²) in [5.74, 6) is -0.445. The van der Waals surface area contributed by atoms with E-state index in [9.17, 15) is 1.37 Å². The number of para-hydroxylation sites is 2. The highest BCUT2D eigenvalue weighted by molar-refractivity contribution is 5.54. The van der Waals surface area contributed by atoms with Crippen LogP contribution in [0.5, 0.6) is 0 Å². The van der Waals surface area contributed by atoms with Gasteiger partial charge in [-0.3, -0.25) is 0 Å². The molecule has 0 amide bonds. The minimum Gasteiger partial charge on any atom is -0.199 e. The lowest BCUT2D eigenvalue weighted by atomic mass is 9.83. The SMILES string of the molecule is [2H]c1n2c(c(C)[n+]1-c1ccccc1C)C([2H])(C1CCCC1)c1ccccc1-2. The van der Waals surface area contributed by atoms with Gasteiger partial charge in [-0.25, -0.2) is 0 Å². The second-order valence-corrected chi connectivity index (χ2v) is 7.40. The Morgan fingerprint density at radius 2 is 1.76 bits per heavy atom. The summed E-state index contributed by atoms with van der Waals surface area (Å²) in [7, 11) is 0. The molecule has 1 aliphatic carbocycles. The number of aromatic nitrogens is 2. The van der Waals surface area contributed by atoms with Crippen molar-refractivity contribution in [1.82, 2.24) is 4.57 Å². The molecule has 0 saturated heterocycles. The van der Waals surface area contributed by atoms with Crippen LogP contribution >= 0.6 is 0 Å². The molecule has 1 aliphatic heterocycles. The van der Waals surface area contributed by atoms with Crippen molar-refractivity contribution >= 4 is 0 Å². The molecule has 1 aromatic heterocycles. The Balaban J connectivity index is 1.84. The van der Waals surface area contributed by atoms with Gasteiger partial charge in [0.05, 0.1) is 5.89 Å². The third-order valence-corrected chi connectivity index (χ3v) is 5.91. The first-order chi connectivity index (χ1) is 13.0. The summed E-state index contributed by atoms with van der Waals surface area (Å²) in [5, 5.41) is 0. The van der Waals surface area contributed by atoms with Crippen LogP contribution in [0.4, 0.5) is 0 Å². The van der Waals surface area contributed by atoms with Crippen molar-refractivity contribution in [3.05, 3.63) is 77.3 Å². The molecular formula is C23H25N2+. The first-order valence-electron chi connectivity index (χ1n) is 10.4. The summed E-state index contributed by atoms with van der Waals surface area (Å²) in [6.45, 7) is 4.17. The molecule has 25 heavy (non-hydrogen) atoms. The fourth-order valence-corrected chi connectivity index (χ4v) is 4.68. The minimum absolute atomic E-state index is 0.318. The highest BCUT2D eigenvalue weighted by Crippen LogP contribution is 2.48. The summed E-state index contributed by atoms with van der Waals surface area (Å²) in [4.78, 5) is 0. The molecule has 0 radical (unpaired) electrons. The van der Waals surface area contributed by atoms with Gasteiger partial charge >= 0.3 is 0 Å². The lowest BCUT2D eigenvalue weighted by molar-refractivity contribution is -0.602. The number of imidazole rings is 1. The van der Waals surface area contributed by atoms with Crippen LogP contribution in [0.3, 0.4) is 0 Å². The Labute approximate surface area is 152 Å². The number of hydrogen-bond acceptors (Lipinski definition) is 0. The molecule has 3 aromatic rings. The van der Waals surface area contributed by atoms with E-state index in [1.807, 2.05) is 33.4 Å². The number of benzene rings is 2. The van der Waals surface area contributed by atoms with Crippen molar-refractivity contribution < 1.29 is 7.31 Å². The Morgan fingerprint density at radius 3 is 2.56 bits per heavy atom. The van der Waals surface area contributed by atoms with Gasteiger partial charge in [-0.2, -0.15) is 9.13 Å². The average molecular weight is 331 g/mol. The first-order valence-corrected chi connectivity index (χ1v) is 9.35. The molecule has 1 fully saturated rings. The third kappa shape index (κ3) is 2.13. The van der Waals surface area contributed by atoms with Gasteiger partial charge < -0.3 is 0 Å². The van der Waals surface area contributed by atoms with Crippen molar-refractivity contribution in [3.8, 4) is 11.4 Å². The molecule has 2 heterocycles. The summed E-state index contributed by atoms with van der Waals surface area (Å²) >= 11 is 0. The largest absolute Gasteiger partial charge is 0.254 e. The molecule has 126 valence electrons. The quantitative estimate of drug-likeness (QED) is 0.584. The van der Waals surface area contributed by atoms with E-state index in [0.717, 1.165) is 46.7 Å². The van der Waals surface area contributed by atoms with E-state index in [2.05, 4.69) is 38.1 Å². The van der Waals surface area contributed by atoms with Gasteiger partial charge in [0.15, 0.2) is 7.06 Å². The molecule has 0 bridgehead atoms. The summed E-state index contributed by atoms with van der Waals surface area (Å²) in [5.41, 5.74) is 6.27. The highest BCUT2D eigenvalue weighted by Gasteiger charge is 2.43. The predicted octanol–water partition coefficient (Wildman–Crippen LogP) is 5.01. The van der Waals surface area contributed by atoms with E-state index in [4.69, 9.17) is 1.37 Å². The Kier molecular flexibility index (Phi) is 2.89. The number of rotatable bonds is 2. The maximum Gasteiger partial charge on any atom is 0.254 e. The van der Waals surface area contributed by atoms with Crippen molar-refractivity contribution in [2.24, 2.45) is 5.92 Å². The Bertz CT molecular complexity index is 1050. The summed E-state index contributed by atoms with van der Waals surface area (Å²) in [6, 6.07) is 16.5. The van der Waals surface area contributed by atoms with E-state index in [0.29, 0.717) is 12.2 Å². The summed E-state index contributed by atoms with van der Waals surface area (Å²) < 4.78 is 22.8. The lowest BCUT2D eigenvalue weighted by Gasteiger charge is -2.17. The van der Waals surface area contributed by atoms with Crippen LogP contribution in [0.15, 0.2) is 54.8 Å². The van der Waals surface area contributed by atoms with Gasteiger partial charge in [0.2, 0.25) is 0 Å². The third-order valence-electron chi connectivity index (χ3n) is 5.91. The topological polar surface area (TPSA) is 8.81 Å². The van der Waals surface area contributed by atoms with Gasteiger partial charge in [0, 0.05) is 13.9 Å². The van der Waals surface area contributed by atoms with E-state index < -0.39 is 5.89 Å². The number of fused-ring (bicyclic) bond motifs is 3. The number of nitrogens with zero attached hydrogens (tertiary/aromatic N) is 2. The highest BCUT2D eigenvalue weighted by atomic mass is 15.2. The molecule has 2 heteroatoms. The minimum atomic E-state index is -0.763. The monoisotopic (exact) mass is 331 g/mol. The lowest BCUT2D eigenvalue weighted by Crippen LogP contribution is -2.33. The van der Waals surface area contributed by atoms with Gasteiger partial charge in [0.1, 0.15) is 17.1 Å². The Morgan fingerprint density at radius 1 is 1.04 bits per heavy atom. The zero-order valence-corrected chi connectivity index (χ0v) is 14.9. The van der Waals surface area contributed by atoms with Crippen LogP contribution in [-0.4, -0.2) is 4.57 Å². The van der Waals surface area contributed by atoms with Gasteiger partial charge in [-0.15, -0.1) is 0 Å². The van der Waals surface area contributed by atoms with E-state index >= 15 is 0 Å². The van der Waals surface area contributed by atoms with Crippen molar-refractivity contribution in [3.63, 3.8) is 0 Å². The van der Waals surface area contributed by atoms with E-state index in [1.165, 1.54) is 12.8 Å². The van der Waals surface area contributed by atoms with Crippen LogP contribution in [0.25, 0.3) is 11.4 Å². The fourth-order valence-electron chi connectivity index (χ4n) is 4.68. The molecule has 5 rings (SSSR count). The molecule has 0 spiro atoms.